The lowest BCUT2D eigenvalue weighted by Crippen LogP contribution is -2.43. The van der Waals surface area contributed by atoms with E-state index >= 15 is 0 Å². The van der Waals surface area contributed by atoms with E-state index in [0.29, 0.717) is 24.5 Å². The highest BCUT2D eigenvalue weighted by Gasteiger charge is 2.34. The molecular weight excluding hydrogens is 284 g/mol. The van der Waals surface area contributed by atoms with Crippen molar-refractivity contribution in [2.75, 3.05) is 13.1 Å². The van der Waals surface area contributed by atoms with E-state index in [2.05, 4.69) is 13.8 Å². The van der Waals surface area contributed by atoms with Crippen LogP contribution in [-0.2, 0) is 16.6 Å². The van der Waals surface area contributed by atoms with Gasteiger partial charge in [-0.2, -0.15) is 4.31 Å². The Balaban J connectivity index is 2.44. The zero-order valence-electron chi connectivity index (χ0n) is 13.4. The molecule has 21 heavy (non-hydrogen) atoms. The number of nitrogens with zero attached hydrogens (tertiary/aromatic N) is 1. The Kier molecular flexibility index (Phi) is 4.47. The van der Waals surface area contributed by atoms with Crippen LogP contribution in [0.1, 0.15) is 43.4 Å². The molecule has 118 valence electrons. The van der Waals surface area contributed by atoms with Crippen LogP contribution in [0.2, 0.25) is 0 Å². The third kappa shape index (κ3) is 3.30. The first-order valence-electron chi connectivity index (χ1n) is 7.48. The zero-order valence-corrected chi connectivity index (χ0v) is 14.3. The second-order valence-corrected chi connectivity index (χ2v) is 8.76. The maximum atomic E-state index is 13.0. The highest BCUT2D eigenvalue weighted by molar-refractivity contribution is 7.89. The van der Waals surface area contributed by atoms with Gasteiger partial charge in [0.25, 0.3) is 0 Å². The van der Waals surface area contributed by atoms with E-state index in [9.17, 15) is 8.42 Å². The fourth-order valence-electron chi connectivity index (χ4n) is 3.09. The molecule has 0 unspecified atom stereocenters. The number of sulfonamides is 1. The van der Waals surface area contributed by atoms with Crippen LogP contribution in [0, 0.1) is 19.3 Å². The lowest BCUT2D eigenvalue weighted by Gasteiger charge is -2.37. The summed E-state index contributed by atoms with van der Waals surface area (Å²) in [6, 6.07) is 3.67. The van der Waals surface area contributed by atoms with E-state index < -0.39 is 10.0 Å². The van der Waals surface area contributed by atoms with E-state index in [1.54, 1.807) is 10.4 Å². The Bertz CT molecular complexity index is 636. The van der Waals surface area contributed by atoms with Gasteiger partial charge in [0.1, 0.15) is 0 Å². The van der Waals surface area contributed by atoms with Crippen molar-refractivity contribution in [1.82, 2.24) is 4.31 Å². The van der Waals surface area contributed by atoms with Crippen LogP contribution >= 0.6 is 0 Å². The van der Waals surface area contributed by atoms with Crippen molar-refractivity contribution in [2.45, 2.75) is 52.0 Å². The van der Waals surface area contributed by atoms with Crippen molar-refractivity contribution in [3.05, 3.63) is 28.8 Å². The van der Waals surface area contributed by atoms with Crippen molar-refractivity contribution >= 4 is 10.0 Å². The van der Waals surface area contributed by atoms with Crippen LogP contribution < -0.4 is 5.73 Å². The standard InChI is InChI=1S/C16H26N2O2S/c1-12-8-13(2)15(9-14(12)10-17)21(19,20)18-7-5-6-16(3,4)11-18/h8-9H,5-7,10-11,17H2,1-4H3. The van der Waals surface area contributed by atoms with Crippen molar-refractivity contribution in [3.63, 3.8) is 0 Å². The largest absolute Gasteiger partial charge is 0.326 e. The van der Waals surface area contributed by atoms with Crippen LogP contribution in [-0.4, -0.2) is 25.8 Å². The first kappa shape index (κ1) is 16.5. The van der Waals surface area contributed by atoms with E-state index in [0.717, 1.165) is 29.5 Å². The summed E-state index contributed by atoms with van der Waals surface area (Å²) < 4.78 is 27.6. The first-order valence-corrected chi connectivity index (χ1v) is 8.92. The Morgan fingerprint density at radius 1 is 1.24 bits per heavy atom. The van der Waals surface area contributed by atoms with Crippen molar-refractivity contribution < 1.29 is 8.42 Å². The number of hydrogen-bond donors (Lipinski definition) is 1. The predicted octanol–water partition coefficient (Wildman–Crippen LogP) is 2.57. The normalized spacial score (nSPS) is 19.7. The number of aryl methyl sites for hydroxylation is 2. The minimum atomic E-state index is -3.44. The van der Waals surface area contributed by atoms with E-state index in [4.69, 9.17) is 5.73 Å². The second-order valence-electron chi connectivity index (χ2n) is 6.85. The Labute approximate surface area is 128 Å². The fraction of sp³-hybridized carbons (Fsp3) is 0.625. The van der Waals surface area contributed by atoms with Gasteiger partial charge in [0.15, 0.2) is 0 Å². The second kappa shape index (κ2) is 5.71. The summed E-state index contributed by atoms with van der Waals surface area (Å²) in [5.41, 5.74) is 8.52. The van der Waals surface area contributed by atoms with Gasteiger partial charge in [0.2, 0.25) is 10.0 Å². The first-order chi connectivity index (χ1) is 9.67. The van der Waals surface area contributed by atoms with Crippen molar-refractivity contribution in [3.8, 4) is 0 Å². The molecule has 1 aliphatic heterocycles. The number of benzene rings is 1. The Morgan fingerprint density at radius 2 is 1.90 bits per heavy atom. The molecule has 2 rings (SSSR count). The molecule has 4 nitrogen and oxygen atoms in total. The molecule has 2 N–H and O–H groups in total. The molecule has 0 atom stereocenters. The highest BCUT2D eigenvalue weighted by atomic mass is 32.2. The Hall–Kier alpha value is -0.910. The molecule has 1 aromatic carbocycles. The number of piperidine rings is 1. The van der Waals surface area contributed by atoms with Gasteiger partial charge < -0.3 is 5.73 Å². The average molecular weight is 310 g/mol. The molecule has 0 radical (unpaired) electrons. The number of hydrogen-bond acceptors (Lipinski definition) is 3. The molecule has 5 heteroatoms. The molecule has 1 aromatic rings. The van der Waals surface area contributed by atoms with Gasteiger partial charge in [0.05, 0.1) is 4.90 Å². The molecule has 0 spiro atoms. The number of nitrogens with two attached hydrogens (primary N) is 1. The molecule has 1 aliphatic rings. The predicted molar refractivity (Wildman–Crippen MR) is 85.6 cm³/mol. The van der Waals surface area contributed by atoms with Gasteiger partial charge >= 0.3 is 0 Å². The zero-order chi connectivity index (χ0) is 15.8. The summed E-state index contributed by atoms with van der Waals surface area (Å²) in [5, 5.41) is 0. The monoisotopic (exact) mass is 310 g/mol. The SMILES string of the molecule is Cc1cc(C)c(S(=O)(=O)N2CCCC(C)(C)C2)cc1CN. The molecule has 0 bridgehead atoms. The van der Waals surface area contributed by atoms with E-state index in [-0.39, 0.29) is 5.41 Å². The summed E-state index contributed by atoms with van der Waals surface area (Å²) in [5.74, 6) is 0. The third-order valence-corrected chi connectivity index (χ3v) is 6.32. The third-order valence-electron chi connectivity index (χ3n) is 4.34. The number of rotatable bonds is 3. The van der Waals surface area contributed by atoms with Crippen LogP contribution in [0.15, 0.2) is 17.0 Å². The molecule has 1 saturated heterocycles. The van der Waals surface area contributed by atoms with Gasteiger partial charge in [0, 0.05) is 19.6 Å². The maximum absolute atomic E-state index is 13.0. The van der Waals surface area contributed by atoms with Gasteiger partial charge in [-0.1, -0.05) is 19.9 Å². The van der Waals surface area contributed by atoms with Crippen LogP contribution in [0.4, 0.5) is 0 Å². The lowest BCUT2D eigenvalue weighted by molar-refractivity contribution is 0.187. The molecule has 0 aromatic heterocycles. The quantitative estimate of drug-likeness (QED) is 0.933. The van der Waals surface area contributed by atoms with Crippen LogP contribution in [0.3, 0.4) is 0 Å². The molecule has 0 aliphatic carbocycles. The van der Waals surface area contributed by atoms with Crippen LogP contribution in [0.5, 0.6) is 0 Å². The summed E-state index contributed by atoms with van der Waals surface area (Å²) in [6.07, 6.45) is 1.99. The minimum Gasteiger partial charge on any atom is -0.326 e. The summed E-state index contributed by atoms with van der Waals surface area (Å²) >= 11 is 0. The Morgan fingerprint density at radius 3 is 2.48 bits per heavy atom. The summed E-state index contributed by atoms with van der Waals surface area (Å²) in [6.45, 7) is 9.63. The van der Waals surface area contributed by atoms with Gasteiger partial charge in [-0.15, -0.1) is 0 Å². The lowest BCUT2D eigenvalue weighted by atomic mass is 9.85. The van der Waals surface area contributed by atoms with Gasteiger partial charge in [-0.05, 0) is 54.9 Å². The molecule has 0 saturated carbocycles. The van der Waals surface area contributed by atoms with E-state index in [1.165, 1.54) is 0 Å². The minimum absolute atomic E-state index is 0.0423. The van der Waals surface area contributed by atoms with Gasteiger partial charge in [-0.3, -0.25) is 0 Å². The van der Waals surface area contributed by atoms with Crippen molar-refractivity contribution in [1.29, 1.82) is 0 Å². The molecular formula is C16H26N2O2S. The van der Waals surface area contributed by atoms with Crippen molar-refractivity contribution in [2.24, 2.45) is 11.1 Å². The highest BCUT2D eigenvalue weighted by Crippen LogP contribution is 2.33. The van der Waals surface area contributed by atoms with Crippen LogP contribution in [0.25, 0.3) is 0 Å². The molecule has 1 fully saturated rings. The topological polar surface area (TPSA) is 63.4 Å². The van der Waals surface area contributed by atoms with Gasteiger partial charge in [-0.25, -0.2) is 8.42 Å². The van der Waals surface area contributed by atoms with E-state index in [1.807, 2.05) is 19.9 Å². The maximum Gasteiger partial charge on any atom is 0.243 e. The molecule has 0 amide bonds. The fourth-order valence-corrected chi connectivity index (χ4v) is 5.01. The average Bonchev–Trinajstić information content (AvgIpc) is 2.37. The molecule has 1 heterocycles. The summed E-state index contributed by atoms with van der Waals surface area (Å²) in [7, 11) is -3.44. The smallest absolute Gasteiger partial charge is 0.243 e. The summed E-state index contributed by atoms with van der Waals surface area (Å²) in [4.78, 5) is 0.409.